The number of hydrogen-bond donors (Lipinski definition) is 2. The van der Waals surface area contributed by atoms with Gasteiger partial charge in [0.05, 0.1) is 12.8 Å². The molecule has 0 aliphatic rings. The summed E-state index contributed by atoms with van der Waals surface area (Å²) in [6.07, 6.45) is -2.30. The lowest BCUT2D eigenvalue weighted by molar-refractivity contribution is -0.192. The summed E-state index contributed by atoms with van der Waals surface area (Å²) in [5.74, 6) is -1.96. The molecule has 8 heteroatoms. The molecule has 0 saturated carbocycles. The van der Waals surface area contributed by atoms with Gasteiger partial charge in [-0.3, -0.25) is 4.79 Å². The molecule has 5 nitrogen and oxygen atoms in total. The zero-order valence-electron chi connectivity index (χ0n) is 13.6. The summed E-state index contributed by atoms with van der Waals surface area (Å²) in [5.41, 5.74) is 8.53. The van der Waals surface area contributed by atoms with E-state index in [9.17, 15) is 18.0 Å². The van der Waals surface area contributed by atoms with Crippen LogP contribution >= 0.6 is 0 Å². The first-order chi connectivity index (χ1) is 11.0. The molecule has 0 spiro atoms. The lowest BCUT2D eigenvalue weighted by Gasteiger charge is -2.09. The summed E-state index contributed by atoms with van der Waals surface area (Å²) >= 11 is 0. The number of benzene rings is 1. The summed E-state index contributed by atoms with van der Waals surface area (Å²) < 4.78 is 36.9. The number of para-hydroxylation sites is 1. The molecule has 0 saturated heterocycles. The van der Waals surface area contributed by atoms with Crippen LogP contribution in [-0.4, -0.2) is 30.1 Å². The number of nitrogen functional groups attached to an aromatic ring is 1. The van der Waals surface area contributed by atoms with Crippen LogP contribution in [0.15, 0.2) is 29.8 Å². The van der Waals surface area contributed by atoms with Crippen molar-refractivity contribution in [3.63, 3.8) is 0 Å². The number of alkyl halides is 3. The van der Waals surface area contributed by atoms with Crippen molar-refractivity contribution in [1.82, 2.24) is 0 Å². The third-order valence-electron chi connectivity index (χ3n) is 2.71. The molecule has 0 fully saturated rings. The summed E-state index contributed by atoms with van der Waals surface area (Å²) in [5, 5.41) is 7.12. The van der Waals surface area contributed by atoms with Crippen LogP contribution in [0.5, 0.6) is 5.75 Å². The molecule has 0 aliphatic heterocycles. The molecule has 0 radical (unpaired) electrons. The first-order valence-corrected chi connectivity index (χ1v) is 6.88. The van der Waals surface area contributed by atoms with Crippen LogP contribution in [0.3, 0.4) is 0 Å². The Morgan fingerprint density at radius 1 is 1.29 bits per heavy atom. The number of aryl methyl sites for hydroxylation is 1. The highest BCUT2D eigenvalue weighted by atomic mass is 19.4. The SMILES string of the molecule is COc1cccc(CCC(=O)C=C(C)C)c1N.O=C(O)C(F)(F)F. The molecule has 24 heavy (non-hydrogen) atoms. The Labute approximate surface area is 137 Å². The van der Waals surface area contributed by atoms with Crippen molar-refractivity contribution >= 4 is 17.4 Å². The Morgan fingerprint density at radius 3 is 2.25 bits per heavy atom. The Bertz CT molecular complexity index is 606. The van der Waals surface area contributed by atoms with Gasteiger partial charge < -0.3 is 15.6 Å². The van der Waals surface area contributed by atoms with Crippen molar-refractivity contribution in [3.8, 4) is 5.75 Å². The number of carboxylic acids is 1. The number of aliphatic carboxylic acids is 1. The number of anilines is 1. The Kier molecular flexibility index (Phi) is 8.59. The minimum atomic E-state index is -5.08. The largest absolute Gasteiger partial charge is 0.495 e. The number of carbonyl (C=O) groups is 2. The molecule has 0 aromatic heterocycles. The normalized spacial score (nSPS) is 10.2. The van der Waals surface area contributed by atoms with Crippen molar-refractivity contribution in [2.24, 2.45) is 0 Å². The minimum absolute atomic E-state index is 0.132. The molecule has 1 rings (SSSR count). The first kappa shape index (κ1) is 21.5. The maximum Gasteiger partial charge on any atom is 0.490 e. The zero-order chi connectivity index (χ0) is 18.9. The van der Waals surface area contributed by atoms with Gasteiger partial charge in [-0.25, -0.2) is 4.79 Å². The molecular weight excluding hydrogens is 327 g/mol. The Hall–Kier alpha value is -2.51. The fraction of sp³-hybridized carbons (Fsp3) is 0.375. The molecule has 3 N–H and O–H groups in total. The predicted octanol–water partition coefficient (Wildman–Crippen LogP) is 3.38. The lowest BCUT2D eigenvalue weighted by Crippen LogP contribution is -2.21. The summed E-state index contributed by atoms with van der Waals surface area (Å²) in [7, 11) is 1.59. The highest BCUT2D eigenvalue weighted by Crippen LogP contribution is 2.25. The number of ether oxygens (including phenoxy) is 1. The van der Waals surface area contributed by atoms with Crippen LogP contribution in [0.1, 0.15) is 25.8 Å². The number of allylic oxidation sites excluding steroid dienone is 2. The Morgan fingerprint density at radius 2 is 1.83 bits per heavy atom. The predicted molar refractivity (Wildman–Crippen MR) is 83.9 cm³/mol. The standard InChI is InChI=1S/C14H19NO2.C2HF3O2/c1-10(2)9-12(16)8-7-11-5-4-6-13(17-3)14(11)15;3-2(4,5)1(6)7/h4-6,9H,7-8,15H2,1-3H3;(H,6,7). The average Bonchev–Trinajstić information content (AvgIpc) is 2.45. The van der Waals surface area contributed by atoms with Crippen LogP contribution in [0, 0.1) is 0 Å². The second-order valence-electron chi connectivity index (χ2n) is 5.02. The van der Waals surface area contributed by atoms with Gasteiger partial charge in [-0.05, 0) is 38.0 Å². The van der Waals surface area contributed by atoms with Gasteiger partial charge in [0.1, 0.15) is 5.75 Å². The van der Waals surface area contributed by atoms with Crippen LogP contribution in [-0.2, 0) is 16.0 Å². The van der Waals surface area contributed by atoms with Gasteiger partial charge in [0.2, 0.25) is 0 Å². The van der Waals surface area contributed by atoms with Gasteiger partial charge in [-0.15, -0.1) is 0 Å². The molecular formula is C16H20F3NO4. The quantitative estimate of drug-likeness (QED) is 0.629. The number of hydrogen-bond acceptors (Lipinski definition) is 4. The maximum absolute atomic E-state index is 11.5. The summed E-state index contributed by atoms with van der Waals surface area (Å²) in [4.78, 5) is 20.4. The maximum atomic E-state index is 11.5. The fourth-order valence-corrected chi connectivity index (χ4v) is 1.64. The molecule has 1 aromatic rings. The molecule has 0 heterocycles. The van der Waals surface area contributed by atoms with Crippen molar-refractivity contribution in [2.45, 2.75) is 32.9 Å². The topological polar surface area (TPSA) is 89.6 Å². The highest BCUT2D eigenvalue weighted by molar-refractivity contribution is 5.90. The molecule has 0 amide bonds. The second-order valence-corrected chi connectivity index (χ2v) is 5.02. The van der Waals surface area contributed by atoms with Gasteiger partial charge in [0.15, 0.2) is 5.78 Å². The number of nitrogens with two attached hydrogens (primary N) is 1. The van der Waals surface area contributed by atoms with E-state index in [0.29, 0.717) is 24.3 Å². The van der Waals surface area contributed by atoms with Crippen LogP contribution in [0.4, 0.5) is 18.9 Å². The number of methoxy groups -OCH3 is 1. The molecule has 0 unspecified atom stereocenters. The number of carbonyl (C=O) groups excluding carboxylic acids is 1. The lowest BCUT2D eigenvalue weighted by atomic mass is 10.0. The van der Waals surface area contributed by atoms with Crippen LogP contribution in [0.2, 0.25) is 0 Å². The van der Waals surface area contributed by atoms with Gasteiger partial charge >= 0.3 is 12.1 Å². The van der Waals surface area contributed by atoms with E-state index < -0.39 is 12.1 Å². The second kappa shape index (κ2) is 9.59. The van der Waals surface area contributed by atoms with E-state index in [0.717, 1.165) is 11.1 Å². The van der Waals surface area contributed by atoms with E-state index in [1.165, 1.54) is 0 Å². The van der Waals surface area contributed by atoms with Gasteiger partial charge in [-0.1, -0.05) is 17.7 Å². The third kappa shape index (κ3) is 8.21. The molecule has 134 valence electrons. The monoisotopic (exact) mass is 347 g/mol. The van der Waals surface area contributed by atoms with Gasteiger partial charge in [0.25, 0.3) is 0 Å². The molecule has 1 aromatic carbocycles. The van der Waals surface area contributed by atoms with Crippen molar-refractivity contribution in [1.29, 1.82) is 0 Å². The number of halogens is 3. The van der Waals surface area contributed by atoms with Crippen LogP contribution in [0.25, 0.3) is 0 Å². The van der Waals surface area contributed by atoms with Crippen molar-refractivity contribution < 1.29 is 32.6 Å². The molecule has 0 aliphatic carbocycles. The molecule has 0 atom stereocenters. The van der Waals surface area contributed by atoms with Crippen LogP contribution < -0.4 is 10.5 Å². The van der Waals surface area contributed by atoms with Gasteiger partial charge in [-0.2, -0.15) is 13.2 Å². The van der Waals surface area contributed by atoms with E-state index in [1.807, 2.05) is 32.0 Å². The van der Waals surface area contributed by atoms with Gasteiger partial charge in [0, 0.05) is 6.42 Å². The number of rotatable bonds is 5. The number of ketones is 1. The van der Waals surface area contributed by atoms with E-state index >= 15 is 0 Å². The van der Waals surface area contributed by atoms with E-state index in [4.69, 9.17) is 20.4 Å². The number of carboxylic acid groups (broad SMARTS) is 1. The summed E-state index contributed by atoms with van der Waals surface area (Å²) in [6.45, 7) is 3.83. The van der Waals surface area contributed by atoms with Crippen molar-refractivity contribution in [3.05, 3.63) is 35.4 Å². The van der Waals surface area contributed by atoms with E-state index in [2.05, 4.69) is 0 Å². The fourth-order valence-electron chi connectivity index (χ4n) is 1.64. The summed E-state index contributed by atoms with van der Waals surface area (Å²) in [6, 6.07) is 5.63. The van der Waals surface area contributed by atoms with Crippen molar-refractivity contribution in [2.75, 3.05) is 12.8 Å². The third-order valence-corrected chi connectivity index (χ3v) is 2.71. The van der Waals surface area contributed by atoms with E-state index in [-0.39, 0.29) is 5.78 Å². The zero-order valence-corrected chi connectivity index (χ0v) is 13.6. The Balaban J connectivity index is 0.000000640. The first-order valence-electron chi connectivity index (χ1n) is 6.88. The van der Waals surface area contributed by atoms with E-state index in [1.54, 1.807) is 13.2 Å². The minimum Gasteiger partial charge on any atom is -0.495 e. The molecule has 0 bridgehead atoms. The average molecular weight is 347 g/mol. The highest BCUT2D eigenvalue weighted by Gasteiger charge is 2.38. The smallest absolute Gasteiger partial charge is 0.490 e.